The molecule has 0 aliphatic carbocycles. The van der Waals surface area contributed by atoms with Crippen molar-refractivity contribution >= 4 is 22.8 Å². The zero-order chi connectivity index (χ0) is 21.1. The van der Waals surface area contributed by atoms with E-state index in [1.165, 1.54) is 0 Å². The first-order valence-electron chi connectivity index (χ1n) is 10.5. The number of nitrogens with zero attached hydrogens (tertiary/aromatic N) is 4. The molecule has 6 nitrogen and oxygen atoms in total. The molecule has 0 spiro atoms. The van der Waals surface area contributed by atoms with Gasteiger partial charge >= 0.3 is 0 Å². The second-order valence-corrected chi connectivity index (χ2v) is 8.13. The van der Waals surface area contributed by atoms with Crippen molar-refractivity contribution in [2.24, 2.45) is 5.92 Å². The van der Waals surface area contributed by atoms with Gasteiger partial charge in [-0.05, 0) is 49.2 Å². The molecule has 1 aliphatic heterocycles. The lowest BCUT2D eigenvalue weighted by Crippen LogP contribution is -2.49. The molecule has 1 saturated heterocycles. The summed E-state index contributed by atoms with van der Waals surface area (Å²) in [5, 5.41) is 0. The fourth-order valence-corrected chi connectivity index (χ4v) is 3.64. The number of hydrogen-bond acceptors (Lipinski definition) is 5. The average molecular weight is 405 g/mol. The topological polar surface area (TPSA) is 58.6 Å². The predicted molar refractivity (Wildman–Crippen MR) is 119 cm³/mol. The van der Waals surface area contributed by atoms with E-state index in [0.717, 1.165) is 41.4 Å². The van der Waals surface area contributed by atoms with Crippen LogP contribution in [0.2, 0.25) is 0 Å². The van der Waals surface area contributed by atoms with Crippen LogP contribution in [0.25, 0.3) is 11.0 Å². The molecule has 0 bridgehead atoms. The summed E-state index contributed by atoms with van der Waals surface area (Å²) in [5.41, 5.74) is 3.43. The van der Waals surface area contributed by atoms with Crippen LogP contribution in [0.15, 0.2) is 48.5 Å². The number of fused-ring (bicyclic) bond motifs is 1. The molecule has 1 fully saturated rings. The van der Waals surface area contributed by atoms with Crippen molar-refractivity contribution in [2.75, 3.05) is 37.7 Å². The third-order valence-corrected chi connectivity index (χ3v) is 5.27. The van der Waals surface area contributed by atoms with Crippen LogP contribution in [0, 0.1) is 12.8 Å². The lowest BCUT2D eigenvalue weighted by molar-refractivity contribution is 0.0746. The lowest BCUT2D eigenvalue weighted by Gasteiger charge is -2.36. The van der Waals surface area contributed by atoms with Gasteiger partial charge in [0.1, 0.15) is 5.75 Å². The van der Waals surface area contributed by atoms with Crippen LogP contribution in [0.3, 0.4) is 0 Å². The van der Waals surface area contributed by atoms with Crippen molar-refractivity contribution in [3.05, 3.63) is 59.8 Å². The van der Waals surface area contributed by atoms with Crippen molar-refractivity contribution in [2.45, 2.75) is 20.8 Å². The number of benzene rings is 2. The van der Waals surface area contributed by atoms with Crippen LogP contribution in [0.4, 0.5) is 5.82 Å². The quantitative estimate of drug-likeness (QED) is 0.645. The molecule has 1 aromatic heterocycles. The van der Waals surface area contributed by atoms with E-state index in [9.17, 15) is 4.79 Å². The summed E-state index contributed by atoms with van der Waals surface area (Å²) >= 11 is 0. The van der Waals surface area contributed by atoms with Crippen LogP contribution < -0.4 is 9.64 Å². The lowest BCUT2D eigenvalue weighted by atomic mass is 10.1. The fraction of sp³-hybridized carbons (Fsp3) is 0.375. The number of carbonyl (C=O) groups excluding carboxylic acids is 1. The Balaban J connectivity index is 1.39. The molecule has 0 atom stereocenters. The molecule has 3 aromatic rings. The summed E-state index contributed by atoms with van der Waals surface area (Å²) in [6.07, 6.45) is 0. The van der Waals surface area contributed by atoms with Crippen LogP contribution >= 0.6 is 0 Å². The summed E-state index contributed by atoms with van der Waals surface area (Å²) in [6.45, 7) is 9.72. The highest BCUT2D eigenvalue weighted by Gasteiger charge is 2.24. The minimum absolute atomic E-state index is 0.0615. The Morgan fingerprint density at radius 1 is 0.967 bits per heavy atom. The number of hydrogen-bond donors (Lipinski definition) is 0. The summed E-state index contributed by atoms with van der Waals surface area (Å²) in [5.74, 6) is 2.24. The van der Waals surface area contributed by atoms with Crippen LogP contribution in [-0.4, -0.2) is 53.6 Å². The van der Waals surface area contributed by atoms with Gasteiger partial charge in [-0.25, -0.2) is 9.97 Å². The van der Waals surface area contributed by atoms with E-state index in [1.807, 2.05) is 60.4 Å². The zero-order valence-electron chi connectivity index (χ0n) is 17.8. The monoisotopic (exact) mass is 404 g/mol. The van der Waals surface area contributed by atoms with Gasteiger partial charge in [0, 0.05) is 31.7 Å². The third-order valence-electron chi connectivity index (χ3n) is 5.27. The van der Waals surface area contributed by atoms with Crippen molar-refractivity contribution in [1.82, 2.24) is 14.9 Å². The molecule has 30 heavy (non-hydrogen) atoms. The zero-order valence-corrected chi connectivity index (χ0v) is 17.8. The largest absolute Gasteiger partial charge is 0.493 e. The molecule has 1 amide bonds. The number of carbonyl (C=O) groups is 1. The van der Waals surface area contributed by atoms with E-state index in [-0.39, 0.29) is 5.91 Å². The van der Waals surface area contributed by atoms with E-state index in [0.29, 0.717) is 31.2 Å². The van der Waals surface area contributed by atoms with Gasteiger partial charge in [0.25, 0.3) is 5.91 Å². The van der Waals surface area contributed by atoms with Gasteiger partial charge in [-0.15, -0.1) is 0 Å². The summed E-state index contributed by atoms with van der Waals surface area (Å²) in [4.78, 5) is 26.5. The smallest absolute Gasteiger partial charge is 0.253 e. The Kier molecular flexibility index (Phi) is 5.84. The van der Waals surface area contributed by atoms with Crippen LogP contribution in [-0.2, 0) is 0 Å². The van der Waals surface area contributed by atoms with Gasteiger partial charge in [-0.3, -0.25) is 4.79 Å². The summed E-state index contributed by atoms with van der Waals surface area (Å²) < 4.78 is 5.71. The van der Waals surface area contributed by atoms with Crippen molar-refractivity contribution in [3.8, 4) is 5.75 Å². The molecule has 1 aliphatic rings. The first-order chi connectivity index (χ1) is 14.5. The maximum absolute atomic E-state index is 12.9. The number of rotatable bonds is 5. The van der Waals surface area contributed by atoms with E-state index in [4.69, 9.17) is 14.7 Å². The molecule has 0 unspecified atom stereocenters. The molecule has 2 heterocycles. The fourth-order valence-electron chi connectivity index (χ4n) is 3.64. The maximum Gasteiger partial charge on any atom is 0.253 e. The first-order valence-corrected chi connectivity index (χ1v) is 10.5. The Labute approximate surface area is 177 Å². The van der Waals surface area contributed by atoms with E-state index in [2.05, 4.69) is 18.7 Å². The maximum atomic E-state index is 12.9. The molecule has 156 valence electrons. The number of ether oxygens (including phenoxy) is 1. The van der Waals surface area contributed by atoms with Gasteiger partial charge in [-0.2, -0.15) is 0 Å². The Morgan fingerprint density at radius 3 is 2.23 bits per heavy atom. The summed E-state index contributed by atoms with van der Waals surface area (Å²) in [7, 11) is 0. The first kappa shape index (κ1) is 20.1. The normalized spacial score (nSPS) is 14.4. The van der Waals surface area contributed by atoms with Crippen molar-refractivity contribution < 1.29 is 9.53 Å². The molecule has 0 saturated carbocycles. The number of amides is 1. The highest BCUT2D eigenvalue weighted by molar-refractivity contribution is 5.94. The van der Waals surface area contributed by atoms with Crippen molar-refractivity contribution in [3.63, 3.8) is 0 Å². The number of aryl methyl sites for hydroxylation is 1. The van der Waals surface area contributed by atoms with Crippen molar-refractivity contribution in [1.29, 1.82) is 0 Å². The third kappa shape index (κ3) is 4.37. The van der Waals surface area contributed by atoms with Gasteiger partial charge < -0.3 is 14.5 Å². The summed E-state index contributed by atoms with van der Waals surface area (Å²) in [6, 6.07) is 15.4. The number of aromatic nitrogens is 2. The van der Waals surface area contributed by atoms with E-state index in [1.54, 1.807) is 0 Å². The molecule has 6 heteroatoms. The predicted octanol–water partition coefficient (Wildman–Crippen LogP) is 3.94. The van der Waals surface area contributed by atoms with Gasteiger partial charge in [-0.1, -0.05) is 26.0 Å². The standard InChI is InChI=1S/C24H28N4O2/c1-17(2)16-30-20-10-8-19(9-11-20)24(29)28-14-12-27(13-15-28)23-18(3)25-21-6-4-5-7-22(21)26-23/h4-11,17H,12-16H2,1-3H3. The minimum atomic E-state index is 0.0615. The Bertz CT molecular complexity index is 1030. The Morgan fingerprint density at radius 2 is 1.60 bits per heavy atom. The van der Waals surface area contributed by atoms with Gasteiger partial charge in [0.2, 0.25) is 0 Å². The molecule has 2 aromatic carbocycles. The molecular formula is C24H28N4O2. The molecular weight excluding hydrogens is 376 g/mol. The number of anilines is 1. The van der Waals surface area contributed by atoms with Gasteiger partial charge in [0.05, 0.1) is 23.3 Å². The second-order valence-electron chi connectivity index (χ2n) is 8.13. The van der Waals surface area contributed by atoms with E-state index >= 15 is 0 Å². The minimum Gasteiger partial charge on any atom is -0.493 e. The number of para-hydroxylation sites is 2. The molecule has 4 rings (SSSR count). The van der Waals surface area contributed by atoms with E-state index < -0.39 is 0 Å². The Hall–Kier alpha value is -3.15. The second kappa shape index (κ2) is 8.69. The molecule has 0 radical (unpaired) electrons. The van der Waals surface area contributed by atoms with Gasteiger partial charge in [0.15, 0.2) is 5.82 Å². The highest BCUT2D eigenvalue weighted by Crippen LogP contribution is 2.22. The van der Waals surface area contributed by atoms with Crippen LogP contribution in [0.5, 0.6) is 5.75 Å². The van der Waals surface area contributed by atoms with Crippen LogP contribution in [0.1, 0.15) is 29.9 Å². The number of piperazine rings is 1. The molecule has 0 N–H and O–H groups in total. The SMILES string of the molecule is Cc1nc2ccccc2nc1N1CCN(C(=O)c2ccc(OCC(C)C)cc2)CC1. The highest BCUT2D eigenvalue weighted by atomic mass is 16.5. The average Bonchev–Trinajstić information content (AvgIpc) is 2.77.